The number of pyridine rings is 1. The van der Waals surface area contributed by atoms with Crippen molar-refractivity contribution in [2.24, 2.45) is 0 Å². The Morgan fingerprint density at radius 3 is 2.83 bits per heavy atom. The number of rotatable bonds is 4. The third-order valence-corrected chi connectivity index (χ3v) is 3.62. The molecule has 2 rings (SSSR count). The Kier molecular flexibility index (Phi) is 3.75. The fourth-order valence-electron chi connectivity index (χ4n) is 1.52. The molecule has 96 valence electrons. The summed E-state index contributed by atoms with van der Waals surface area (Å²) < 4.78 is 0. The molecule has 0 aliphatic carbocycles. The van der Waals surface area contributed by atoms with E-state index in [9.17, 15) is 4.79 Å². The smallest absolute Gasteiger partial charge is 0.263 e. The fourth-order valence-corrected chi connectivity index (χ4v) is 2.49. The summed E-state index contributed by atoms with van der Waals surface area (Å²) in [4.78, 5) is 17.1. The molecule has 0 bridgehead atoms. The Labute approximate surface area is 107 Å². The van der Waals surface area contributed by atoms with Crippen molar-refractivity contribution in [2.75, 3.05) is 18.9 Å². The number of aliphatic hydroxyl groups is 2. The van der Waals surface area contributed by atoms with Gasteiger partial charge < -0.3 is 21.3 Å². The van der Waals surface area contributed by atoms with E-state index in [1.165, 1.54) is 11.3 Å². The Hall–Kier alpha value is -1.70. The molecule has 0 radical (unpaired) electrons. The molecule has 6 nitrogen and oxygen atoms in total. The second-order valence-electron chi connectivity index (χ2n) is 3.74. The van der Waals surface area contributed by atoms with Gasteiger partial charge in [0.2, 0.25) is 0 Å². The molecule has 5 N–H and O–H groups in total. The maximum absolute atomic E-state index is 11.9. The van der Waals surface area contributed by atoms with Gasteiger partial charge in [0.1, 0.15) is 9.71 Å². The number of carbonyl (C=O) groups is 1. The Morgan fingerprint density at radius 2 is 2.22 bits per heavy atom. The summed E-state index contributed by atoms with van der Waals surface area (Å²) in [5.74, 6) is -0.413. The fraction of sp³-hybridized carbons (Fsp3) is 0.273. The molecule has 0 saturated heterocycles. The minimum absolute atomic E-state index is 0.328. The third-order valence-electron chi connectivity index (χ3n) is 2.49. The second-order valence-corrected chi connectivity index (χ2v) is 4.74. The molecular weight excluding hydrogens is 254 g/mol. The van der Waals surface area contributed by atoms with Crippen LogP contribution in [0.25, 0.3) is 10.2 Å². The molecule has 0 fully saturated rings. The minimum Gasteiger partial charge on any atom is -0.397 e. The molecule has 0 aliphatic heterocycles. The average Bonchev–Trinajstić information content (AvgIpc) is 2.74. The highest BCUT2D eigenvalue weighted by molar-refractivity contribution is 7.21. The van der Waals surface area contributed by atoms with Crippen molar-refractivity contribution in [1.82, 2.24) is 10.3 Å². The van der Waals surface area contributed by atoms with Crippen LogP contribution >= 0.6 is 11.3 Å². The van der Waals surface area contributed by atoms with E-state index in [0.29, 0.717) is 15.4 Å². The summed E-state index contributed by atoms with van der Waals surface area (Å²) in [6.07, 6.45) is 1.63. The highest BCUT2D eigenvalue weighted by Crippen LogP contribution is 2.31. The molecule has 1 amide bonds. The lowest BCUT2D eigenvalue weighted by Crippen LogP contribution is -2.39. The summed E-state index contributed by atoms with van der Waals surface area (Å²) in [5.41, 5.74) is 6.25. The molecule has 0 aromatic carbocycles. The van der Waals surface area contributed by atoms with Gasteiger partial charge in [-0.2, -0.15) is 0 Å². The van der Waals surface area contributed by atoms with E-state index in [1.54, 1.807) is 18.3 Å². The Bertz CT molecular complexity index is 566. The van der Waals surface area contributed by atoms with Gasteiger partial charge in [-0.1, -0.05) is 0 Å². The standard InChI is InChI=1S/C11H13N3O3S/c12-8-7-2-1-3-13-11(7)18-9(8)10(17)14-6(4-15)5-16/h1-3,6,15-16H,4-5,12H2,(H,14,17). The number of nitrogen functional groups attached to an aromatic ring is 1. The van der Waals surface area contributed by atoms with Gasteiger partial charge in [-0.3, -0.25) is 4.79 Å². The molecule has 18 heavy (non-hydrogen) atoms. The van der Waals surface area contributed by atoms with E-state index in [1.807, 2.05) is 0 Å². The Balaban J connectivity index is 2.30. The van der Waals surface area contributed by atoms with Gasteiger partial charge in [0, 0.05) is 11.6 Å². The van der Waals surface area contributed by atoms with Gasteiger partial charge in [0.05, 0.1) is 24.9 Å². The molecular formula is C11H13N3O3S. The van der Waals surface area contributed by atoms with E-state index in [0.717, 1.165) is 5.39 Å². The first-order chi connectivity index (χ1) is 8.67. The van der Waals surface area contributed by atoms with E-state index in [2.05, 4.69) is 10.3 Å². The van der Waals surface area contributed by atoms with Gasteiger partial charge >= 0.3 is 0 Å². The van der Waals surface area contributed by atoms with Crippen LogP contribution in [0, 0.1) is 0 Å². The van der Waals surface area contributed by atoms with Crippen molar-refractivity contribution in [3.63, 3.8) is 0 Å². The Morgan fingerprint density at radius 1 is 1.50 bits per heavy atom. The maximum Gasteiger partial charge on any atom is 0.263 e. The zero-order valence-corrected chi connectivity index (χ0v) is 10.3. The number of aromatic nitrogens is 1. The first-order valence-corrected chi connectivity index (χ1v) is 6.14. The number of hydrogen-bond donors (Lipinski definition) is 4. The minimum atomic E-state index is -0.685. The normalized spacial score (nSPS) is 11.1. The predicted octanol–water partition coefficient (Wildman–Crippen LogP) is -0.0385. The molecule has 0 atom stereocenters. The van der Waals surface area contributed by atoms with Crippen LogP contribution in [-0.2, 0) is 0 Å². The van der Waals surface area contributed by atoms with E-state index in [4.69, 9.17) is 15.9 Å². The third kappa shape index (κ3) is 2.28. The number of nitrogens with zero attached hydrogens (tertiary/aromatic N) is 1. The average molecular weight is 267 g/mol. The quantitative estimate of drug-likeness (QED) is 0.621. The molecule has 0 saturated carbocycles. The second kappa shape index (κ2) is 5.30. The number of nitrogens with two attached hydrogens (primary N) is 1. The highest BCUT2D eigenvalue weighted by Gasteiger charge is 2.19. The van der Waals surface area contributed by atoms with E-state index < -0.39 is 11.9 Å². The van der Waals surface area contributed by atoms with Gasteiger partial charge in [-0.05, 0) is 12.1 Å². The van der Waals surface area contributed by atoms with Crippen molar-refractivity contribution >= 4 is 33.1 Å². The van der Waals surface area contributed by atoms with Crippen molar-refractivity contribution in [3.05, 3.63) is 23.2 Å². The van der Waals surface area contributed by atoms with Crippen molar-refractivity contribution < 1.29 is 15.0 Å². The monoisotopic (exact) mass is 267 g/mol. The van der Waals surface area contributed by atoms with Gasteiger partial charge in [0.15, 0.2) is 0 Å². The van der Waals surface area contributed by atoms with Gasteiger partial charge in [-0.15, -0.1) is 11.3 Å². The molecule has 2 heterocycles. The number of amides is 1. The van der Waals surface area contributed by atoms with Crippen molar-refractivity contribution in [3.8, 4) is 0 Å². The zero-order chi connectivity index (χ0) is 13.1. The molecule has 2 aromatic rings. The van der Waals surface area contributed by atoms with Crippen LogP contribution in [0.4, 0.5) is 5.69 Å². The van der Waals surface area contributed by atoms with Crippen LogP contribution in [-0.4, -0.2) is 40.4 Å². The summed E-state index contributed by atoms with van der Waals surface area (Å²) >= 11 is 1.18. The number of nitrogens with one attached hydrogen (secondary N) is 1. The maximum atomic E-state index is 11.9. The topological polar surface area (TPSA) is 108 Å². The number of fused-ring (bicyclic) bond motifs is 1. The largest absolute Gasteiger partial charge is 0.397 e. The lowest BCUT2D eigenvalue weighted by Gasteiger charge is -2.12. The van der Waals surface area contributed by atoms with Crippen LogP contribution in [0.3, 0.4) is 0 Å². The molecule has 0 aliphatic rings. The zero-order valence-electron chi connectivity index (χ0n) is 9.46. The van der Waals surface area contributed by atoms with Crippen LogP contribution in [0.15, 0.2) is 18.3 Å². The first-order valence-electron chi connectivity index (χ1n) is 5.33. The van der Waals surface area contributed by atoms with Crippen LogP contribution in [0.1, 0.15) is 9.67 Å². The van der Waals surface area contributed by atoms with Gasteiger partial charge in [0.25, 0.3) is 5.91 Å². The molecule has 0 unspecified atom stereocenters. The molecule has 7 heteroatoms. The highest BCUT2D eigenvalue weighted by atomic mass is 32.1. The summed E-state index contributed by atoms with van der Waals surface area (Å²) in [5, 5.41) is 21.1. The molecule has 2 aromatic heterocycles. The number of thiophene rings is 1. The van der Waals surface area contributed by atoms with E-state index >= 15 is 0 Å². The SMILES string of the molecule is Nc1c(C(=O)NC(CO)CO)sc2ncccc12. The molecule has 0 spiro atoms. The number of anilines is 1. The number of aliphatic hydroxyl groups excluding tert-OH is 2. The van der Waals surface area contributed by atoms with Crippen molar-refractivity contribution in [1.29, 1.82) is 0 Å². The lowest BCUT2D eigenvalue weighted by atomic mass is 10.2. The van der Waals surface area contributed by atoms with Gasteiger partial charge in [-0.25, -0.2) is 4.98 Å². The number of hydrogen-bond acceptors (Lipinski definition) is 6. The van der Waals surface area contributed by atoms with Crippen LogP contribution in [0.2, 0.25) is 0 Å². The summed E-state index contributed by atoms with van der Waals surface area (Å²) in [7, 11) is 0. The first kappa shape index (κ1) is 12.7. The summed E-state index contributed by atoms with van der Waals surface area (Å²) in [6.45, 7) is -0.656. The van der Waals surface area contributed by atoms with Crippen molar-refractivity contribution in [2.45, 2.75) is 6.04 Å². The van der Waals surface area contributed by atoms with Crippen LogP contribution < -0.4 is 11.1 Å². The predicted molar refractivity (Wildman–Crippen MR) is 69.5 cm³/mol. The van der Waals surface area contributed by atoms with E-state index in [-0.39, 0.29) is 13.2 Å². The summed E-state index contributed by atoms with van der Waals surface area (Å²) in [6, 6.07) is 2.85. The van der Waals surface area contributed by atoms with Crippen LogP contribution in [0.5, 0.6) is 0 Å². The number of carbonyl (C=O) groups excluding carboxylic acids is 1. The lowest BCUT2D eigenvalue weighted by molar-refractivity contribution is 0.0884.